The molecule has 2 aliphatic carbocycles. The van der Waals surface area contributed by atoms with Crippen LogP contribution in [0.4, 0.5) is 0 Å². The molecule has 0 aromatic carbocycles. The van der Waals surface area contributed by atoms with Crippen molar-refractivity contribution in [1.82, 2.24) is 15.5 Å². The van der Waals surface area contributed by atoms with Crippen molar-refractivity contribution >= 4 is 29.0 Å². The van der Waals surface area contributed by atoms with Gasteiger partial charge >= 0.3 is 0 Å². The van der Waals surface area contributed by atoms with E-state index in [2.05, 4.69) is 34.6 Å². The number of carbonyl (C=O) groups excluding carboxylic acids is 1. The summed E-state index contributed by atoms with van der Waals surface area (Å²) in [4.78, 5) is 14.8. The maximum Gasteiger partial charge on any atom is 0.277 e. The van der Waals surface area contributed by atoms with Crippen molar-refractivity contribution in [2.24, 2.45) is 5.92 Å². The molecule has 148 valence electrons. The minimum atomic E-state index is -0.705. The van der Waals surface area contributed by atoms with E-state index in [0.29, 0.717) is 11.1 Å². The van der Waals surface area contributed by atoms with Gasteiger partial charge < -0.3 is 9.73 Å². The second-order valence-corrected chi connectivity index (χ2v) is 9.93. The van der Waals surface area contributed by atoms with Crippen LogP contribution in [0.25, 0.3) is 10.8 Å². The molecule has 2 aromatic heterocycles. The van der Waals surface area contributed by atoms with Gasteiger partial charge in [-0.25, -0.2) is 0 Å². The van der Waals surface area contributed by atoms with E-state index in [1.807, 2.05) is 0 Å². The second kappa shape index (κ2) is 8.26. The fraction of sp³-hybridized carbons (Fsp3) is 0.600. The van der Waals surface area contributed by atoms with Crippen molar-refractivity contribution in [2.75, 3.05) is 5.75 Å². The number of aromatic nitrogens is 2. The summed E-state index contributed by atoms with van der Waals surface area (Å²) in [5.41, 5.74) is 0.697. The van der Waals surface area contributed by atoms with Crippen LogP contribution in [0.3, 0.4) is 0 Å². The molecule has 1 atom stereocenters. The monoisotopic (exact) mass is 416 g/mol. The highest BCUT2D eigenvalue weighted by Gasteiger charge is 2.33. The van der Waals surface area contributed by atoms with Gasteiger partial charge in [0.15, 0.2) is 0 Å². The van der Waals surface area contributed by atoms with Crippen LogP contribution in [0, 0.1) is 17.2 Å². The lowest BCUT2D eigenvalue weighted by Gasteiger charge is -2.31. The van der Waals surface area contributed by atoms with Crippen LogP contribution < -0.4 is 5.32 Å². The van der Waals surface area contributed by atoms with E-state index in [1.165, 1.54) is 28.6 Å². The molecule has 2 heterocycles. The minimum absolute atomic E-state index is 0.159. The Bertz CT molecular complexity index is 892. The molecule has 2 aromatic rings. The SMILES string of the molecule is C[C@H]1CCc2sc(-c3nnc(SCC(=O)NC4(C#N)CCCCC4)o3)cc2C1. The fourth-order valence-corrected chi connectivity index (χ4v) is 5.72. The number of hydrogen-bond donors (Lipinski definition) is 1. The molecule has 0 unspecified atom stereocenters. The van der Waals surface area contributed by atoms with Crippen molar-refractivity contribution in [3.05, 3.63) is 16.5 Å². The Morgan fingerprint density at radius 3 is 3.04 bits per heavy atom. The predicted octanol–water partition coefficient (Wildman–Crippen LogP) is 4.36. The summed E-state index contributed by atoms with van der Waals surface area (Å²) >= 11 is 2.95. The lowest BCUT2D eigenvalue weighted by Crippen LogP contribution is -2.49. The lowest BCUT2D eigenvalue weighted by molar-refractivity contribution is -0.120. The molecule has 0 saturated heterocycles. The van der Waals surface area contributed by atoms with Gasteiger partial charge in [0.2, 0.25) is 5.91 Å². The number of rotatable bonds is 5. The Hall–Kier alpha value is -1.85. The van der Waals surface area contributed by atoms with Crippen molar-refractivity contribution < 1.29 is 9.21 Å². The molecule has 1 fully saturated rings. The number of fused-ring (bicyclic) bond motifs is 1. The van der Waals surface area contributed by atoms with Crippen molar-refractivity contribution in [3.8, 4) is 16.8 Å². The molecule has 0 aliphatic heterocycles. The topological polar surface area (TPSA) is 91.8 Å². The number of nitrogens with one attached hydrogen (secondary N) is 1. The summed E-state index contributed by atoms with van der Waals surface area (Å²) in [5.74, 6) is 1.26. The summed E-state index contributed by atoms with van der Waals surface area (Å²) in [6.07, 6.45) is 8.02. The van der Waals surface area contributed by atoms with Gasteiger partial charge in [-0.1, -0.05) is 37.9 Å². The molecule has 6 nitrogen and oxygen atoms in total. The van der Waals surface area contributed by atoms with Gasteiger partial charge in [0.1, 0.15) is 5.54 Å². The lowest BCUT2D eigenvalue weighted by atomic mass is 9.83. The van der Waals surface area contributed by atoms with E-state index in [-0.39, 0.29) is 11.7 Å². The summed E-state index contributed by atoms with van der Waals surface area (Å²) in [5, 5.41) is 21.0. The number of nitriles is 1. The van der Waals surface area contributed by atoms with E-state index in [9.17, 15) is 10.1 Å². The van der Waals surface area contributed by atoms with Crippen LogP contribution in [0.5, 0.6) is 0 Å². The highest BCUT2D eigenvalue weighted by atomic mass is 32.2. The average molecular weight is 417 g/mol. The van der Waals surface area contributed by atoms with Gasteiger partial charge in [0.05, 0.1) is 16.7 Å². The zero-order chi connectivity index (χ0) is 19.6. The van der Waals surface area contributed by atoms with Crippen LogP contribution in [0.2, 0.25) is 0 Å². The number of thioether (sulfide) groups is 1. The zero-order valence-electron chi connectivity index (χ0n) is 16.0. The third-order valence-corrected chi connectivity index (χ3v) is 7.62. The van der Waals surface area contributed by atoms with Gasteiger partial charge in [-0.15, -0.1) is 21.5 Å². The molecule has 1 saturated carbocycles. The third-order valence-electron chi connectivity index (χ3n) is 5.57. The number of thiophene rings is 1. The van der Waals surface area contributed by atoms with Crippen LogP contribution in [-0.4, -0.2) is 27.4 Å². The van der Waals surface area contributed by atoms with Crippen molar-refractivity contribution in [1.29, 1.82) is 5.26 Å². The molecule has 4 rings (SSSR count). The van der Waals surface area contributed by atoms with E-state index in [0.717, 1.165) is 55.7 Å². The van der Waals surface area contributed by atoms with Crippen molar-refractivity contribution in [3.63, 3.8) is 0 Å². The predicted molar refractivity (Wildman–Crippen MR) is 109 cm³/mol. The first kappa shape index (κ1) is 19.5. The first-order valence-corrected chi connectivity index (χ1v) is 11.7. The van der Waals surface area contributed by atoms with Gasteiger partial charge in [-0.2, -0.15) is 5.26 Å². The molecular formula is C20H24N4O2S2. The Morgan fingerprint density at radius 2 is 2.25 bits per heavy atom. The third kappa shape index (κ3) is 4.26. The summed E-state index contributed by atoms with van der Waals surface area (Å²) in [6.45, 7) is 2.29. The largest absolute Gasteiger partial charge is 0.410 e. The number of hydrogen-bond acceptors (Lipinski definition) is 7. The molecule has 2 aliphatic rings. The zero-order valence-corrected chi connectivity index (χ0v) is 17.6. The fourth-order valence-electron chi connectivity index (χ4n) is 4.03. The number of carbonyl (C=O) groups is 1. The van der Waals surface area contributed by atoms with Crippen molar-refractivity contribution in [2.45, 2.75) is 69.1 Å². The smallest absolute Gasteiger partial charge is 0.277 e. The van der Waals surface area contributed by atoms with Crippen LogP contribution in [0.15, 0.2) is 15.7 Å². The van der Waals surface area contributed by atoms with Crippen LogP contribution in [-0.2, 0) is 17.6 Å². The molecule has 1 amide bonds. The van der Waals surface area contributed by atoms with E-state index in [1.54, 1.807) is 11.3 Å². The maximum absolute atomic E-state index is 12.3. The number of nitrogens with zero attached hydrogens (tertiary/aromatic N) is 3. The maximum atomic E-state index is 12.3. The minimum Gasteiger partial charge on any atom is -0.410 e. The first-order valence-electron chi connectivity index (χ1n) is 9.87. The van der Waals surface area contributed by atoms with E-state index >= 15 is 0 Å². The number of amides is 1. The van der Waals surface area contributed by atoms with Gasteiger partial charge in [0.25, 0.3) is 11.1 Å². The highest BCUT2D eigenvalue weighted by Crippen LogP contribution is 2.37. The molecule has 1 N–H and O–H groups in total. The number of aryl methyl sites for hydroxylation is 1. The Labute approximate surface area is 173 Å². The van der Waals surface area contributed by atoms with E-state index < -0.39 is 5.54 Å². The van der Waals surface area contributed by atoms with Crippen LogP contribution >= 0.6 is 23.1 Å². The summed E-state index contributed by atoms with van der Waals surface area (Å²) in [6, 6.07) is 4.48. The highest BCUT2D eigenvalue weighted by molar-refractivity contribution is 7.99. The Kier molecular flexibility index (Phi) is 5.74. The molecule has 28 heavy (non-hydrogen) atoms. The standard InChI is InChI=1S/C20H24N4O2S2/c1-13-5-6-15-14(9-13)10-16(28-15)18-23-24-19(26-18)27-11-17(25)22-20(12-21)7-3-2-4-8-20/h10,13H,2-9,11H2,1H3,(H,22,25)/t13-/m0/s1. The normalized spacial score (nSPS) is 20.9. The quantitative estimate of drug-likeness (QED) is 0.728. The second-order valence-electron chi connectivity index (χ2n) is 7.87. The van der Waals surface area contributed by atoms with E-state index in [4.69, 9.17) is 4.42 Å². The van der Waals surface area contributed by atoms with Gasteiger partial charge in [0, 0.05) is 4.88 Å². The Morgan fingerprint density at radius 1 is 1.43 bits per heavy atom. The molecule has 0 bridgehead atoms. The van der Waals surface area contributed by atoms with Crippen LogP contribution in [0.1, 0.15) is 55.9 Å². The van der Waals surface area contributed by atoms with Gasteiger partial charge in [-0.05, 0) is 49.7 Å². The molecule has 0 spiro atoms. The average Bonchev–Trinajstić information content (AvgIpc) is 3.33. The summed E-state index contributed by atoms with van der Waals surface area (Å²) < 4.78 is 5.77. The molecule has 8 heteroatoms. The molecular weight excluding hydrogens is 392 g/mol. The molecule has 0 radical (unpaired) electrons. The first-order chi connectivity index (χ1) is 13.6. The summed E-state index contributed by atoms with van der Waals surface area (Å²) in [7, 11) is 0. The van der Waals surface area contributed by atoms with Gasteiger partial charge in [-0.3, -0.25) is 4.79 Å². The Balaban J connectivity index is 1.35.